The summed E-state index contributed by atoms with van der Waals surface area (Å²) >= 11 is 0. The van der Waals surface area contributed by atoms with E-state index in [2.05, 4.69) is 31.0 Å². The molecule has 0 aromatic carbocycles. The molecule has 0 amide bonds. The fraction of sp³-hybridized carbons (Fsp3) is 1.00. The number of hydrogen-bond acceptors (Lipinski definition) is 3. The Kier molecular flexibility index (Phi) is 7.01. The van der Waals surface area contributed by atoms with Crippen LogP contribution < -0.4 is 5.32 Å². The first kappa shape index (κ1) is 13.9. The van der Waals surface area contributed by atoms with Gasteiger partial charge in [0.25, 0.3) is 0 Å². The van der Waals surface area contributed by atoms with Crippen molar-refractivity contribution in [3.8, 4) is 0 Å². The molecule has 0 radical (unpaired) electrons. The smallest absolute Gasteiger partial charge is 0.0518 e. The van der Waals surface area contributed by atoms with Crippen LogP contribution in [-0.2, 0) is 4.74 Å². The third kappa shape index (κ3) is 5.28. The molecule has 1 saturated heterocycles. The van der Waals surface area contributed by atoms with Crippen molar-refractivity contribution < 1.29 is 4.74 Å². The van der Waals surface area contributed by atoms with E-state index in [1.54, 1.807) is 0 Å². The van der Waals surface area contributed by atoms with Gasteiger partial charge in [-0.05, 0) is 39.7 Å². The second-order valence-corrected chi connectivity index (χ2v) is 4.93. The van der Waals surface area contributed by atoms with E-state index in [4.69, 9.17) is 4.74 Å². The molecule has 1 heterocycles. The molecule has 3 heteroatoms. The van der Waals surface area contributed by atoms with Gasteiger partial charge in [-0.3, -0.25) is 4.90 Å². The summed E-state index contributed by atoms with van der Waals surface area (Å²) < 4.78 is 5.55. The molecule has 0 saturated carbocycles. The van der Waals surface area contributed by atoms with Crippen molar-refractivity contribution in [2.45, 2.75) is 52.2 Å². The molecule has 0 aromatic rings. The zero-order valence-electron chi connectivity index (χ0n) is 11.2. The molecule has 1 N–H and O–H groups in total. The van der Waals surface area contributed by atoms with Gasteiger partial charge < -0.3 is 10.1 Å². The summed E-state index contributed by atoms with van der Waals surface area (Å²) in [6, 6.07) is 0.750. The van der Waals surface area contributed by atoms with Crippen LogP contribution in [0.5, 0.6) is 0 Å². The lowest BCUT2D eigenvalue weighted by Crippen LogP contribution is -2.51. The van der Waals surface area contributed by atoms with Crippen molar-refractivity contribution in [1.29, 1.82) is 0 Å². The normalized spacial score (nSPS) is 22.9. The van der Waals surface area contributed by atoms with E-state index >= 15 is 0 Å². The van der Waals surface area contributed by atoms with Gasteiger partial charge in [0, 0.05) is 32.3 Å². The van der Waals surface area contributed by atoms with E-state index in [9.17, 15) is 0 Å². The van der Waals surface area contributed by atoms with E-state index in [1.165, 1.54) is 38.9 Å². The average molecular weight is 228 g/mol. The Morgan fingerprint density at radius 1 is 1.38 bits per heavy atom. The van der Waals surface area contributed by atoms with Gasteiger partial charge in [-0.25, -0.2) is 0 Å². The molecule has 1 unspecified atom stereocenters. The molecule has 0 aromatic heterocycles. The van der Waals surface area contributed by atoms with Crippen LogP contribution in [0, 0.1) is 0 Å². The molecule has 96 valence electrons. The summed E-state index contributed by atoms with van der Waals surface area (Å²) in [6.45, 7) is 12.2. The Labute approximate surface area is 101 Å². The molecule has 3 nitrogen and oxygen atoms in total. The monoisotopic (exact) mass is 228 g/mol. The highest BCUT2D eigenvalue weighted by Crippen LogP contribution is 2.08. The van der Waals surface area contributed by atoms with Gasteiger partial charge in [0.1, 0.15) is 0 Å². The van der Waals surface area contributed by atoms with Crippen LogP contribution in [0.25, 0.3) is 0 Å². The molecular formula is C13H28N2O. The topological polar surface area (TPSA) is 24.5 Å². The predicted octanol–water partition coefficient (Wildman–Crippen LogP) is 1.88. The highest BCUT2D eigenvalue weighted by atomic mass is 16.5. The lowest BCUT2D eigenvalue weighted by atomic mass is 10.1. The zero-order chi connectivity index (χ0) is 11.8. The molecule has 1 fully saturated rings. The third-order valence-electron chi connectivity index (χ3n) is 3.23. The molecule has 1 atom stereocenters. The Balaban J connectivity index is 2.06. The average Bonchev–Trinajstić information content (AvgIpc) is 2.29. The lowest BCUT2D eigenvalue weighted by Gasteiger charge is -2.35. The second-order valence-electron chi connectivity index (χ2n) is 4.93. The standard InChI is InChI=1S/C13H28N2O/c1-4-13-11-14-7-9-15(13)8-5-6-10-16-12(2)3/h12-14H,4-11H2,1-3H3. The highest BCUT2D eigenvalue weighted by molar-refractivity contribution is 4.78. The minimum Gasteiger partial charge on any atom is -0.379 e. The first-order valence-electron chi connectivity index (χ1n) is 6.80. The summed E-state index contributed by atoms with van der Waals surface area (Å²) in [5, 5.41) is 3.47. The molecule has 1 aliphatic heterocycles. The number of nitrogens with one attached hydrogen (secondary N) is 1. The first-order chi connectivity index (χ1) is 7.74. The van der Waals surface area contributed by atoms with Crippen LogP contribution in [0.1, 0.15) is 40.0 Å². The van der Waals surface area contributed by atoms with Crippen LogP contribution in [0.4, 0.5) is 0 Å². The Bertz CT molecular complexity index is 173. The molecule has 0 bridgehead atoms. The maximum absolute atomic E-state index is 5.55. The van der Waals surface area contributed by atoms with Gasteiger partial charge in [0.2, 0.25) is 0 Å². The van der Waals surface area contributed by atoms with Crippen molar-refractivity contribution in [3.63, 3.8) is 0 Å². The number of nitrogens with zero attached hydrogens (tertiary/aromatic N) is 1. The number of hydrogen-bond donors (Lipinski definition) is 1. The van der Waals surface area contributed by atoms with Crippen LogP contribution in [0.15, 0.2) is 0 Å². The van der Waals surface area contributed by atoms with Gasteiger partial charge in [-0.15, -0.1) is 0 Å². The van der Waals surface area contributed by atoms with Crippen molar-refractivity contribution in [1.82, 2.24) is 10.2 Å². The van der Waals surface area contributed by atoms with Gasteiger partial charge >= 0.3 is 0 Å². The number of piperazine rings is 1. The largest absolute Gasteiger partial charge is 0.379 e. The minimum atomic E-state index is 0.377. The van der Waals surface area contributed by atoms with Crippen molar-refractivity contribution in [3.05, 3.63) is 0 Å². The van der Waals surface area contributed by atoms with Crippen molar-refractivity contribution >= 4 is 0 Å². The van der Waals surface area contributed by atoms with E-state index in [1.807, 2.05) is 0 Å². The summed E-state index contributed by atoms with van der Waals surface area (Å²) in [5.74, 6) is 0. The van der Waals surface area contributed by atoms with Crippen molar-refractivity contribution in [2.75, 3.05) is 32.8 Å². The minimum absolute atomic E-state index is 0.377. The Morgan fingerprint density at radius 2 is 2.19 bits per heavy atom. The summed E-state index contributed by atoms with van der Waals surface area (Å²) in [6.07, 6.45) is 4.10. The van der Waals surface area contributed by atoms with Gasteiger partial charge in [0.05, 0.1) is 6.10 Å². The third-order valence-corrected chi connectivity index (χ3v) is 3.23. The summed E-state index contributed by atoms with van der Waals surface area (Å²) in [7, 11) is 0. The molecule has 0 spiro atoms. The number of ether oxygens (including phenoxy) is 1. The van der Waals surface area contributed by atoms with Gasteiger partial charge in [-0.2, -0.15) is 0 Å². The molecule has 0 aliphatic carbocycles. The van der Waals surface area contributed by atoms with Crippen LogP contribution in [0.2, 0.25) is 0 Å². The first-order valence-corrected chi connectivity index (χ1v) is 6.80. The van der Waals surface area contributed by atoms with E-state index in [0.717, 1.165) is 19.2 Å². The highest BCUT2D eigenvalue weighted by Gasteiger charge is 2.19. The molecular weight excluding hydrogens is 200 g/mol. The SMILES string of the molecule is CCC1CNCCN1CCCCOC(C)C. The van der Waals surface area contributed by atoms with E-state index < -0.39 is 0 Å². The maximum Gasteiger partial charge on any atom is 0.0518 e. The van der Waals surface area contributed by atoms with Crippen molar-refractivity contribution in [2.24, 2.45) is 0 Å². The quantitative estimate of drug-likeness (QED) is 0.673. The van der Waals surface area contributed by atoms with Gasteiger partial charge in [-0.1, -0.05) is 6.92 Å². The maximum atomic E-state index is 5.55. The summed E-state index contributed by atoms with van der Waals surface area (Å²) in [5.41, 5.74) is 0. The number of unbranched alkanes of at least 4 members (excludes halogenated alkanes) is 1. The van der Waals surface area contributed by atoms with Crippen LogP contribution in [0.3, 0.4) is 0 Å². The van der Waals surface area contributed by atoms with Crippen LogP contribution >= 0.6 is 0 Å². The summed E-state index contributed by atoms with van der Waals surface area (Å²) in [4.78, 5) is 2.63. The lowest BCUT2D eigenvalue weighted by molar-refractivity contribution is 0.0717. The van der Waals surface area contributed by atoms with E-state index in [0.29, 0.717) is 6.10 Å². The van der Waals surface area contributed by atoms with Gasteiger partial charge in [0.15, 0.2) is 0 Å². The second kappa shape index (κ2) is 8.04. The Morgan fingerprint density at radius 3 is 2.88 bits per heavy atom. The fourth-order valence-corrected chi connectivity index (χ4v) is 2.24. The predicted molar refractivity (Wildman–Crippen MR) is 68.8 cm³/mol. The van der Waals surface area contributed by atoms with Crippen LogP contribution in [-0.4, -0.2) is 49.8 Å². The fourth-order valence-electron chi connectivity index (χ4n) is 2.24. The molecule has 16 heavy (non-hydrogen) atoms. The molecule has 1 rings (SSSR count). The number of rotatable bonds is 7. The Hall–Kier alpha value is -0.120. The van der Waals surface area contributed by atoms with E-state index in [-0.39, 0.29) is 0 Å². The zero-order valence-corrected chi connectivity index (χ0v) is 11.2. The molecule has 1 aliphatic rings.